The second-order valence-electron chi connectivity index (χ2n) is 4.97. The second-order valence-corrected chi connectivity index (χ2v) is 5.95. The number of rotatable bonds is 7. The van der Waals surface area contributed by atoms with Gasteiger partial charge in [0, 0.05) is 5.56 Å². The molecular weight excluding hydrogens is 248 g/mol. The van der Waals surface area contributed by atoms with Crippen LogP contribution in [0.1, 0.15) is 36.8 Å². The minimum Gasteiger partial charge on any atom is -0.496 e. The Morgan fingerprint density at radius 2 is 2.11 bits per heavy atom. The summed E-state index contributed by atoms with van der Waals surface area (Å²) >= 11 is 0. The van der Waals surface area contributed by atoms with Gasteiger partial charge in [-0.25, -0.2) is 8.42 Å². The van der Waals surface area contributed by atoms with Gasteiger partial charge >= 0.3 is 0 Å². The highest BCUT2D eigenvalue weighted by Gasteiger charge is 2.20. The quantitative estimate of drug-likeness (QED) is 0.773. The van der Waals surface area contributed by atoms with Gasteiger partial charge in [-0.1, -0.05) is 31.4 Å². The summed E-state index contributed by atoms with van der Waals surface area (Å²) in [6.07, 6.45) is 6.31. The van der Waals surface area contributed by atoms with Gasteiger partial charge in [0.2, 0.25) is 0 Å². The van der Waals surface area contributed by atoms with Crippen molar-refractivity contribution in [1.29, 1.82) is 0 Å². The highest BCUT2D eigenvalue weighted by atomic mass is 32.2. The predicted octanol–water partition coefficient (Wildman–Crippen LogP) is 2.54. The molecule has 0 spiro atoms. The molecule has 3 nitrogen and oxygen atoms in total. The topological polar surface area (TPSA) is 43.4 Å². The molecule has 1 fully saturated rings. The molecule has 0 radical (unpaired) electrons. The molecule has 4 heteroatoms. The zero-order chi connectivity index (χ0) is 13.0. The van der Waals surface area contributed by atoms with Crippen molar-refractivity contribution in [3.8, 4) is 5.75 Å². The van der Waals surface area contributed by atoms with Crippen LogP contribution in [-0.4, -0.2) is 15.5 Å². The highest BCUT2D eigenvalue weighted by Crippen LogP contribution is 2.34. The SMILES string of the molecule is COc1ccc(CCCC2CC2)cc1C[SH](=O)=O. The van der Waals surface area contributed by atoms with E-state index in [0.717, 1.165) is 17.9 Å². The Labute approximate surface area is 110 Å². The van der Waals surface area contributed by atoms with E-state index in [2.05, 4.69) is 0 Å². The third-order valence-electron chi connectivity index (χ3n) is 3.42. The molecule has 18 heavy (non-hydrogen) atoms. The van der Waals surface area contributed by atoms with Crippen molar-refractivity contribution < 1.29 is 13.2 Å². The van der Waals surface area contributed by atoms with Crippen LogP contribution in [0.3, 0.4) is 0 Å². The van der Waals surface area contributed by atoms with E-state index in [4.69, 9.17) is 4.74 Å². The lowest BCUT2D eigenvalue weighted by Gasteiger charge is -2.08. The lowest BCUT2D eigenvalue weighted by atomic mass is 10.0. The summed E-state index contributed by atoms with van der Waals surface area (Å²) in [7, 11) is -0.831. The molecule has 0 atom stereocenters. The summed E-state index contributed by atoms with van der Waals surface area (Å²) in [5, 5.41) is 0. The fraction of sp³-hybridized carbons (Fsp3) is 0.571. The highest BCUT2D eigenvalue weighted by molar-refractivity contribution is 7.71. The molecule has 1 aliphatic rings. The van der Waals surface area contributed by atoms with Crippen molar-refractivity contribution >= 4 is 10.7 Å². The van der Waals surface area contributed by atoms with Crippen molar-refractivity contribution in [1.82, 2.24) is 0 Å². The van der Waals surface area contributed by atoms with Gasteiger partial charge in [-0.3, -0.25) is 0 Å². The van der Waals surface area contributed by atoms with Gasteiger partial charge in [0.1, 0.15) is 16.5 Å². The van der Waals surface area contributed by atoms with E-state index >= 15 is 0 Å². The molecule has 1 saturated carbocycles. The van der Waals surface area contributed by atoms with Crippen LogP contribution < -0.4 is 4.74 Å². The van der Waals surface area contributed by atoms with Gasteiger partial charge in [-0.15, -0.1) is 0 Å². The van der Waals surface area contributed by atoms with Crippen LogP contribution in [-0.2, 0) is 22.9 Å². The average Bonchev–Trinajstić information content (AvgIpc) is 3.13. The van der Waals surface area contributed by atoms with E-state index in [1.54, 1.807) is 7.11 Å². The number of hydrogen-bond donors (Lipinski definition) is 1. The van der Waals surface area contributed by atoms with Crippen molar-refractivity contribution in [3.63, 3.8) is 0 Å². The standard InChI is InChI=1S/C14H20O3S/c1-17-14-8-7-12(4-2-3-11-5-6-11)9-13(14)10-18(15)16/h7-9,11,18H,2-6,10H2,1H3. The van der Waals surface area contributed by atoms with Crippen LogP contribution in [0, 0.1) is 5.92 Å². The number of benzene rings is 1. The first-order chi connectivity index (χ1) is 8.69. The maximum atomic E-state index is 10.8. The molecule has 2 rings (SSSR count). The Bertz CT molecular complexity index is 468. The van der Waals surface area contributed by atoms with Gasteiger partial charge in [0.15, 0.2) is 0 Å². The molecule has 0 bridgehead atoms. The number of ether oxygens (including phenoxy) is 1. The van der Waals surface area contributed by atoms with Crippen molar-refractivity contribution in [3.05, 3.63) is 29.3 Å². The van der Waals surface area contributed by atoms with E-state index in [-0.39, 0.29) is 5.75 Å². The number of thiol groups is 1. The van der Waals surface area contributed by atoms with Gasteiger partial charge in [0.25, 0.3) is 0 Å². The van der Waals surface area contributed by atoms with E-state index < -0.39 is 10.7 Å². The van der Waals surface area contributed by atoms with Crippen LogP contribution in [0.25, 0.3) is 0 Å². The first kappa shape index (κ1) is 13.4. The van der Waals surface area contributed by atoms with Crippen LogP contribution in [0.4, 0.5) is 0 Å². The van der Waals surface area contributed by atoms with E-state index in [0.29, 0.717) is 5.75 Å². The first-order valence-electron chi connectivity index (χ1n) is 6.46. The Hall–Kier alpha value is -1.03. The molecular formula is C14H20O3S. The van der Waals surface area contributed by atoms with Crippen LogP contribution in [0.15, 0.2) is 18.2 Å². The fourth-order valence-electron chi connectivity index (χ4n) is 2.25. The molecule has 1 aromatic carbocycles. The molecule has 0 N–H and O–H groups in total. The van der Waals surface area contributed by atoms with Gasteiger partial charge in [-0.05, 0) is 30.4 Å². The normalized spacial score (nSPS) is 15.0. The van der Waals surface area contributed by atoms with Crippen molar-refractivity contribution in [2.45, 2.75) is 37.9 Å². The Morgan fingerprint density at radius 3 is 2.72 bits per heavy atom. The van der Waals surface area contributed by atoms with E-state index in [1.165, 1.54) is 31.2 Å². The molecule has 0 heterocycles. The maximum Gasteiger partial charge on any atom is 0.144 e. The van der Waals surface area contributed by atoms with Crippen LogP contribution in [0.5, 0.6) is 5.75 Å². The number of hydrogen-bond acceptors (Lipinski definition) is 3. The van der Waals surface area contributed by atoms with Crippen molar-refractivity contribution in [2.24, 2.45) is 5.92 Å². The zero-order valence-electron chi connectivity index (χ0n) is 10.7. The fourth-order valence-corrected chi connectivity index (χ4v) is 2.78. The second kappa shape index (κ2) is 6.23. The molecule has 0 saturated heterocycles. The molecule has 0 amide bonds. The third-order valence-corrected chi connectivity index (χ3v) is 4.02. The van der Waals surface area contributed by atoms with Gasteiger partial charge in [0.05, 0.1) is 12.9 Å². The Balaban J connectivity index is 2.00. The molecule has 0 unspecified atom stereocenters. The smallest absolute Gasteiger partial charge is 0.144 e. The zero-order valence-corrected chi connectivity index (χ0v) is 11.6. The van der Waals surface area contributed by atoms with Gasteiger partial charge in [-0.2, -0.15) is 0 Å². The largest absolute Gasteiger partial charge is 0.496 e. The minimum absolute atomic E-state index is 0.0645. The van der Waals surface area contributed by atoms with Crippen LogP contribution >= 0.6 is 0 Å². The lowest BCUT2D eigenvalue weighted by molar-refractivity contribution is 0.411. The van der Waals surface area contributed by atoms with E-state index in [1.807, 2.05) is 18.2 Å². The molecule has 100 valence electrons. The van der Waals surface area contributed by atoms with Gasteiger partial charge < -0.3 is 4.74 Å². The summed E-state index contributed by atoms with van der Waals surface area (Å²) in [5.41, 5.74) is 1.99. The monoisotopic (exact) mass is 268 g/mol. The number of methoxy groups -OCH3 is 1. The summed E-state index contributed by atoms with van der Waals surface area (Å²) < 4.78 is 26.9. The lowest BCUT2D eigenvalue weighted by Crippen LogP contribution is -1.96. The maximum absolute atomic E-state index is 10.8. The summed E-state index contributed by atoms with van der Waals surface area (Å²) in [6.45, 7) is 0. The van der Waals surface area contributed by atoms with Crippen molar-refractivity contribution in [2.75, 3.05) is 7.11 Å². The molecule has 1 aromatic rings. The number of aryl methyl sites for hydroxylation is 1. The molecule has 1 aliphatic carbocycles. The van der Waals surface area contributed by atoms with Crippen LogP contribution in [0.2, 0.25) is 0 Å². The summed E-state index contributed by atoms with van der Waals surface area (Å²) in [4.78, 5) is 0. The Morgan fingerprint density at radius 1 is 1.33 bits per heavy atom. The minimum atomic E-state index is -2.40. The average molecular weight is 268 g/mol. The summed E-state index contributed by atoms with van der Waals surface area (Å²) in [6, 6.07) is 5.88. The Kier molecular flexibility index (Phi) is 4.64. The molecule has 0 aromatic heterocycles. The first-order valence-corrected chi connectivity index (χ1v) is 7.83. The predicted molar refractivity (Wildman–Crippen MR) is 72.7 cm³/mol. The molecule has 0 aliphatic heterocycles. The van der Waals surface area contributed by atoms with E-state index in [9.17, 15) is 8.42 Å². The summed E-state index contributed by atoms with van der Waals surface area (Å²) in [5.74, 6) is 1.69. The third kappa shape index (κ3) is 4.02.